The number of anilines is 1. The summed E-state index contributed by atoms with van der Waals surface area (Å²) >= 11 is 1.35. The fraction of sp³-hybridized carbons (Fsp3) is 0.231. The van der Waals surface area contributed by atoms with Gasteiger partial charge in [0.1, 0.15) is 17.1 Å². The molecule has 2 rings (SSSR count). The van der Waals surface area contributed by atoms with Crippen molar-refractivity contribution in [3.63, 3.8) is 0 Å². The lowest BCUT2D eigenvalue weighted by Crippen LogP contribution is -2.86. The summed E-state index contributed by atoms with van der Waals surface area (Å²) in [7, 11) is 0. The van der Waals surface area contributed by atoms with E-state index in [-0.39, 0.29) is 18.5 Å². The number of amides is 1. The molecular weight excluding hydrogens is 262 g/mol. The molecule has 19 heavy (non-hydrogen) atoms. The smallest absolute Gasteiger partial charge is 0.280 e. The van der Waals surface area contributed by atoms with Crippen molar-refractivity contribution in [1.82, 2.24) is 0 Å². The standard InChI is InChI=1S/C13H13N3O2S/c1-9(11-3-2-5-18-11)15-8-12(17)16-13-10(7-14)4-6-19-13/h2-6,9,15H,8H2,1H3,(H,16,17)/p+1/t9-/m1/s1. The molecule has 0 saturated carbocycles. The molecule has 0 aromatic carbocycles. The first-order valence-electron chi connectivity index (χ1n) is 5.85. The number of nitrogens with one attached hydrogen (secondary N) is 1. The van der Waals surface area contributed by atoms with Crippen LogP contribution in [0.4, 0.5) is 5.00 Å². The molecule has 2 heterocycles. The zero-order valence-electron chi connectivity index (χ0n) is 10.4. The van der Waals surface area contributed by atoms with Crippen molar-refractivity contribution in [3.05, 3.63) is 41.2 Å². The second kappa shape index (κ2) is 6.18. The third-order valence-electron chi connectivity index (χ3n) is 2.69. The molecule has 3 N–H and O–H groups in total. The maximum absolute atomic E-state index is 11.8. The summed E-state index contributed by atoms with van der Waals surface area (Å²) in [6.45, 7) is 2.25. The molecule has 0 bridgehead atoms. The third-order valence-corrected chi connectivity index (χ3v) is 3.52. The molecule has 0 unspecified atom stereocenters. The number of thiophene rings is 1. The van der Waals surface area contributed by atoms with Gasteiger partial charge in [0.25, 0.3) is 5.91 Å². The Morgan fingerprint density at radius 3 is 3.16 bits per heavy atom. The zero-order chi connectivity index (χ0) is 13.7. The number of quaternary nitrogens is 1. The molecule has 0 radical (unpaired) electrons. The van der Waals surface area contributed by atoms with E-state index >= 15 is 0 Å². The molecule has 0 saturated heterocycles. The Hall–Kier alpha value is -2.10. The van der Waals surface area contributed by atoms with Gasteiger partial charge in [0.15, 0.2) is 12.3 Å². The van der Waals surface area contributed by atoms with E-state index in [9.17, 15) is 4.79 Å². The van der Waals surface area contributed by atoms with Crippen molar-refractivity contribution in [2.75, 3.05) is 11.9 Å². The van der Waals surface area contributed by atoms with Crippen LogP contribution in [0.15, 0.2) is 34.3 Å². The van der Waals surface area contributed by atoms with E-state index in [0.717, 1.165) is 5.76 Å². The summed E-state index contributed by atoms with van der Waals surface area (Å²) in [5, 5.41) is 15.9. The Balaban J connectivity index is 1.84. The molecule has 2 aromatic heterocycles. The minimum Gasteiger partial charge on any atom is -0.463 e. The van der Waals surface area contributed by atoms with Gasteiger partial charge in [-0.25, -0.2) is 0 Å². The predicted octanol–water partition coefficient (Wildman–Crippen LogP) is 1.48. The summed E-state index contributed by atoms with van der Waals surface area (Å²) in [6.07, 6.45) is 1.62. The Bertz CT molecular complexity index is 583. The normalized spacial score (nSPS) is 11.8. The lowest BCUT2D eigenvalue weighted by molar-refractivity contribution is -0.684. The van der Waals surface area contributed by atoms with Crippen LogP contribution < -0.4 is 10.6 Å². The average Bonchev–Trinajstić information content (AvgIpc) is 3.06. The monoisotopic (exact) mass is 276 g/mol. The van der Waals surface area contributed by atoms with Gasteiger partial charge in [-0.1, -0.05) is 0 Å². The van der Waals surface area contributed by atoms with Crippen LogP contribution in [0.1, 0.15) is 24.3 Å². The van der Waals surface area contributed by atoms with Crippen molar-refractivity contribution in [1.29, 1.82) is 5.26 Å². The zero-order valence-corrected chi connectivity index (χ0v) is 11.2. The van der Waals surface area contributed by atoms with Crippen LogP contribution in [0, 0.1) is 11.3 Å². The highest BCUT2D eigenvalue weighted by atomic mass is 32.1. The van der Waals surface area contributed by atoms with Crippen molar-refractivity contribution in [2.45, 2.75) is 13.0 Å². The van der Waals surface area contributed by atoms with Crippen LogP contribution in [0.25, 0.3) is 0 Å². The molecule has 2 aromatic rings. The van der Waals surface area contributed by atoms with E-state index in [1.807, 2.05) is 30.4 Å². The minimum absolute atomic E-state index is 0.0829. The number of nitriles is 1. The molecule has 6 heteroatoms. The molecule has 0 aliphatic rings. The number of carbonyl (C=O) groups excluding carboxylic acids is 1. The van der Waals surface area contributed by atoms with Crippen LogP contribution in [-0.4, -0.2) is 12.5 Å². The van der Waals surface area contributed by atoms with Gasteiger partial charge in [-0.05, 0) is 30.5 Å². The minimum atomic E-state index is -0.127. The first kappa shape index (κ1) is 13.3. The van der Waals surface area contributed by atoms with Gasteiger partial charge in [-0.3, -0.25) is 4.79 Å². The largest absolute Gasteiger partial charge is 0.463 e. The summed E-state index contributed by atoms with van der Waals surface area (Å²) in [6, 6.07) is 7.52. The van der Waals surface area contributed by atoms with Crippen LogP contribution in [0.5, 0.6) is 0 Å². The Labute approximate surface area is 114 Å². The van der Waals surface area contributed by atoms with E-state index in [1.54, 1.807) is 17.7 Å². The summed E-state index contributed by atoms with van der Waals surface area (Å²) < 4.78 is 5.27. The van der Waals surface area contributed by atoms with Crippen LogP contribution >= 0.6 is 11.3 Å². The molecule has 5 nitrogen and oxygen atoms in total. The van der Waals surface area contributed by atoms with E-state index in [1.165, 1.54) is 11.3 Å². The topological polar surface area (TPSA) is 82.6 Å². The fourth-order valence-electron chi connectivity index (χ4n) is 1.62. The highest BCUT2D eigenvalue weighted by molar-refractivity contribution is 7.14. The Morgan fingerprint density at radius 2 is 2.47 bits per heavy atom. The number of rotatable bonds is 5. The number of nitrogens with two attached hydrogens (primary N) is 1. The molecule has 0 aliphatic heterocycles. The van der Waals surface area contributed by atoms with Crippen molar-refractivity contribution < 1.29 is 14.5 Å². The SMILES string of the molecule is C[C@@H]([NH2+]CC(=O)Nc1sccc1C#N)c1ccco1. The highest BCUT2D eigenvalue weighted by Crippen LogP contribution is 2.21. The number of hydrogen-bond acceptors (Lipinski definition) is 4. The van der Waals surface area contributed by atoms with Gasteiger partial charge >= 0.3 is 0 Å². The number of carbonyl (C=O) groups is 1. The second-order valence-electron chi connectivity index (χ2n) is 4.07. The summed E-state index contributed by atoms with van der Waals surface area (Å²) in [5.41, 5.74) is 0.498. The Morgan fingerprint density at radius 1 is 1.63 bits per heavy atom. The summed E-state index contributed by atoms with van der Waals surface area (Å²) in [5.74, 6) is 0.707. The number of furan rings is 1. The first-order valence-corrected chi connectivity index (χ1v) is 6.73. The average molecular weight is 276 g/mol. The van der Waals surface area contributed by atoms with Gasteiger partial charge in [0.05, 0.1) is 11.8 Å². The fourth-order valence-corrected chi connectivity index (χ4v) is 2.38. The van der Waals surface area contributed by atoms with Gasteiger partial charge in [0.2, 0.25) is 0 Å². The van der Waals surface area contributed by atoms with E-state index < -0.39 is 0 Å². The summed E-state index contributed by atoms with van der Waals surface area (Å²) in [4.78, 5) is 11.8. The van der Waals surface area contributed by atoms with E-state index in [0.29, 0.717) is 10.6 Å². The maximum Gasteiger partial charge on any atom is 0.280 e. The lowest BCUT2D eigenvalue weighted by atomic mass is 10.2. The van der Waals surface area contributed by atoms with Gasteiger partial charge in [0, 0.05) is 0 Å². The van der Waals surface area contributed by atoms with Gasteiger partial charge in [-0.15, -0.1) is 11.3 Å². The Kier molecular flexibility index (Phi) is 4.34. The number of nitrogens with zero attached hydrogens (tertiary/aromatic N) is 1. The van der Waals surface area contributed by atoms with Crippen molar-refractivity contribution >= 4 is 22.2 Å². The lowest BCUT2D eigenvalue weighted by Gasteiger charge is -2.07. The van der Waals surface area contributed by atoms with E-state index in [4.69, 9.17) is 9.68 Å². The van der Waals surface area contributed by atoms with Crippen LogP contribution in [-0.2, 0) is 4.79 Å². The highest BCUT2D eigenvalue weighted by Gasteiger charge is 2.14. The molecule has 98 valence electrons. The second-order valence-corrected chi connectivity index (χ2v) is 4.98. The van der Waals surface area contributed by atoms with E-state index in [2.05, 4.69) is 5.32 Å². The van der Waals surface area contributed by atoms with Gasteiger partial charge in [-0.2, -0.15) is 5.26 Å². The molecule has 0 spiro atoms. The molecule has 1 atom stereocenters. The van der Waals surface area contributed by atoms with Gasteiger partial charge < -0.3 is 15.1 Å². The molecular formula is C13H14N3O2S+. The van der Waals surface area contributed by atoms with Crippen molar-refractivity contribution in [3.8, 4) is 6.07 Å². The predicted molar refractivity (Wildman–Crippen MR) is 71.6 cm³/mol. The van der Waals surface area contributed by atoms with Crippen LogP contribution in [0.2, 0.25) is 0 Å². The van der Waals surface area contributed by atoms with Crippen LogP contribution in [0.3, 0.4) is 0 Å². The molecule has 0 fully saturated rings. The quantitative estimate of drug-likeness (QED) is 0.867. The first-order chi connectivity index (χ1) is 9.20. The maximum atomic E-state index is 11.8. The third kappa shape index (κ3) is 3.44. The molecule has 0 aliphatic carbocycles. The van der Waals surface area contributed by atoms with Crippen molar-refractivity contribution in [2.24, 2.45) is 0 Å². The molecule has 1 amide bonds. The number of hydrogen-bond donors (Lipinski definition) is 2.